The summed E-state index contributed by atoms with van der Waals surface area (Å²) in [5.41, 5.74) is 4.09. The molecular weight excluding hydrogens is 246 g/mol. The van der Waals surface area contributed by atoms with Crippen LogP contribution in [0.3, 0.4) is 0 Å². The van der Waals surface area contributed by atoms with Gasteiger partial charge in [0, 0.05) is 12.8 Å². The van der Waals surface area contributed by atoms with E-state index in [0.29, 0.717) is 0 Å². The van der Waals surface area contributed by atoms with Crippen LogP contribution in [0.25, 0.3) is 0 Å². The smallest absolute Gasteiger partial charge is 0.184 e. The zero-order chi connectivity index (χ0) is 13.4. The van der Waals surface area contributed by atoms with Gasteiger partial charge in [-0.2, -0.15) is 0 Å². The fourth-order valence-electron chi connectivity index (χ4n) is 3.18. The van der Waals surface area contributed by atoms with Gasteiger partial charge in [0.25, 0.3) is 0 Å². The van der Waals surface area contributed by atoms with E-state index in [9.17, 15) is 0 Å². The van der Waals surface area contributed by atoms with Gasteiger partial charge in [-0.1, -0.05) is 54.6 Å². The van der Waals surface area contributed by atoms with Crippen LogP contribution in [0.1, 0.15) is 29.2 Å². The molecule has 100 valence electrons. The van der Waals surface area contributed by atoms with Gasteiger partial charge in [0.2, 0.25) is 0 Å². The quantitative estimate of drug-likeness (QED) is 0.827. The summed E-state index contributed by atoms with van der Waals surface area (Å²) in [6.07, 6.45) is 3.14. The molecule has 0 radical (unpaired) electrons. The van der Waals surface area contributed by atoms with E-state index in [1.54, 1.807) is 0 Å². The average Bonchev–Trinajstić information content (AvgIpc) is 3.03. The molecule has 2 atom stereocenters. The molecular formula is C18H17NO. The molecule has 0 aromatic heterocycles. The Hall–Kier alpha value is -2.09. The van der Waals surface area contributed by atoms with E-state index in [1.165, 1.54) is 16.7 Å². The Morgan fingerprint density at radius 1 is 0.950 bits per heavy atom. The SMILES string of the molecule is c1ccc(CCC2=N[C@H]3c4ccccc4CC3O2)cc1. The van der Waals surface area contributed by atoms with Crippen LogP contribution in [-0.4, -0.2) is 12.0 Å². The summed E-state index contributed by atoms with van der Waals surface area (Å²) in [6, 6.07) is 19.3. The number of rotatable bonds is 3. The van der Waals surface area contributed by atoms with Crippen LogP contribution in [0.4, 0.5) is 0 Å². The van der Waals surface area contributed by atoms with Gasteiger partial charge in [0.15, 0.2) is 5.90 Å². The lowest BCUT2D eigenvalue weighted by molar-refractivity contribution is 0.201. The van der Waals surface area contributed by atoms with Crippen molar-refractivity contribution < 1.29 is 4.74 Å². The highest BCUT2D eigenvalue weighted by atomic mass is 16.5. The highest BCUT2D eigenvalue weighted by Crippen LogP contribution is 2.40. The molecule has 0 saturated carbocycles. The molecule has 0 bridgehead atoms. The highest BCUT2D eigenvalue weighted by Gasteiger charge is 2.38. The summed E-state index contributed by atoms with van der Waals surface area (Å²) in [5, 5.41) is 0. The van der Waals surface area contributed by atoms with E-state index in [2.05, 4.69) is 54.6 Å². The molecule has 0 N–H and O–H groups in total. The number of hydrogen-bond donors (Lipinski definition) is 0. The van der Waals surface area contributed by atoms with Gasteiger partial charge in [-0.05, 0) is 23.1 Å². The summed E-state index contributed by atoms with van der Waals surface area (Å²) < 4.78 is 6.04. The maximum absolute atomic E-state index is 6.04. The molecule has 1 heterocycles. The Labute approximate surface area is 119 Å². The largest absolute Gasteiger partial charge is 0.475 e. The molecule has 0 amide bonds. The average molecular weight is 263 g/mol. The number of aliphatic imine (C=N–C) groups is 1. The summed E-state index contributed by atoms with van der Waals surface area (Å²) in [5.74, 6) is 0.929. The van der Waals surface area contributed by atoms with E-state index >= 15 is 0 Å². The first-order valence-electron chi connectivity index (χ1n) is 7.25. The van der Waals surface area contributed by atoms with Crippen molar-refractivity contribution in [2.45, 2.75) is 31.4 Å². The van der Waals surface area contributed by atoms with Gasteiger partial charge in [0.05, 0.1) is 0 Å². The molecule has 2 heteroatoms. The third-order valence-electron chi connectivity index (χ3n) is 4.19. The summed E-state index contributed by atoms with van der Waals surface area (Å²) in [6.45, 7) is 0. The number of hydrogen-bond acceptors (Lipinski definition) is 2. The van der Waals surface area contributed by atoms with Crippen molar-refractivity contribution in [3.63, 3.8) is 0 Å². The zero-order valence-corrected chi connectivity index (χ0v) is 11.3. The lowest BCUT2D eigenvalue weighted by Crippen LogP contribution is -2.13. The van der Waals surface area contributed by atoms with Crippen LogP contribution >= 0.6 is 0 Å². The van der Waals surface area contributed by atoms with Crippen molar-refractivity contribution in [2.24, 2.45) is 4.99 Å². The van der Waals surface area contributed by atoms with Gasteiger partial charge in [-0.15, -0.1) is 0 Å². The second-order valence-electron chi connectivity index (χ2n) is 5.51. The van der Waals surface area contributed by atoms with Crippen molar-refractivity contribution in [1.29, 1.82) is 0 Å². The first kappa shape index (κ1) is 11.7. The molecule has 1 unspecified atom stereocenters. The minimum absolute atomic E-state index is 0.233. The molecule has 20 heavy (non-hydrogen) atoms. The Bertz CT molecular complexity index is 647. The van der Waals surface area contributed by atoms with Crippen molar-refractivity contribution >= 4 is 5.90 Å². The number of fused-ring (bicyclic) bond motifs is 3. The summed E-state index contributed by atoms with van der Waals surface area (Å²) >= 11 is 0. The number of aryl methyl sites for hydroxylation is 1. The van der Waals surface area contributed by atoms with Crippen molar-refractivity contribution in [1.82, 2.24) is 0 Å². The van der Waals surface area contributed by atoms with Crippen molar-refractivity contribution in [3.05, 3.63) is 71.3 Å². The summed E-state index contributed by atoms with van der Waals surface area (Å²) in [7, 11) is 0. The third-order valence-corrected chi connectivity index (χ3v) is 4.19. The second kappa shape index (κ2) is 4.78. The Kier molecular flexibility index (Phi) is 2.80. The Morgan fingerprint density at radius 2 is 1.75 bits per heavy atom. The highest BCUT2D eigenvalue weighted by molar-refractivity contribution is 5.79. The number of ether oxygens (including phenoxy) is 1. The third kappa shape index (κ3) is 2.01. The van der Waals surface area contributed by atoms with Crippen LogP contribution in [-0.2, 0) is 17.6 Å². The van der Waals surface area contributed by atoms with Gasteiger partial charge in [-0.3, -0.25) is 0 Å². The topological polar surface area (TPSA) is 21.6 Å². The molecule has 2 aromatic carbocycles. The van der Waals surface area contributed by atoms with Gasteiger partial charge >= 0.3 is 0 Å². The molecule has 4 rings (SSSR count). The minimum atomic E-state index is 0.233. The molecule has 2 aromatic rings. The predicted molar refractivity (Wildman–Crippen MR) is 80.0 cm³/mol. The van der Waals surface area contributed by atoms with E-state index < -0.39 is 0 Å². The van der Waals surface area contributed by atoms with Crippen LogP contribution in [0.15, 0.2) is 59.6 Å². The van der Waals surface area contributed by atoms with E-state index in [4.69, 9.17) is 9.73 Å². The molecule has 1 aliphatic carbocycles. The maximum atomic E-state index is 6.04. The fraction of sp³-hybridized carbons (Fsp3) is 0.278. The van der Waals surface area contributed by atoms with Crippen LogP contribution in [0.2, 0.25) is 0 Å². The lowest BCUT2D eigenvalue weighted by atomic mass is 10.1. The van der Waals surface area contributed by atoms with Crippen LogP contribution in [0, 0.1) is 0 Å². The molecule has 0 spiro atoms. The molecule has 1 aliphatic heterocycles. The lowest BCUT2D eigenvalue weighted by Gasteiger charge is -2.08. The first-order chi connectivity index (χ1) is 9.90. The van der Waals surface area contributed by atoms with Gasteiger partial charge < -0.3 is 4.74 Å². The monoisotopic (exact) mass is 263 g/mol. The Balaban J connectivity index is 1.48. The van der Waals surface area contributed by atoms with Crippen LogP contribution < -0.4 is 0 Å². The Morgan fingerprint density at radius 3 is 2.65 bits per heavy atom. The number of benzene rings is 2. The van der Waals surface area contributed by atoms with E-state index in [1.807, 2.05) is 0 Å². The fourth-order valence-corrected chi connectivity index (χ4v) is 3.18. The van der Waals surface area contributed by atoms with E-state index in [0.717, 1.165) is 25.2 Å². The first-order valence-corrected chi connectivity index (χ1v) is 7.25. The molecule has 2 nitrogen and oxygen atoms in total. The standard InChI is InChI=1S/C18H17NO/c1-2-6-13(7-3-1)10-11-17-19-18-15-9-5-4-8-14(15)12-16(18)20-17/h1-9,16,18H,10-12H2/t16?,18-/m0/s1. The molecule has 0 saturated heterocycles. The number of nitrogens with zero attached hydrogens (tertiary/aromatic N) is 1. The van der Waals surface area contributed by atoms with Gasteiger partial charge in [-0.25, -0.2) is 4.99 Å². The maximum Gasteiger partial charge on any atom is 0.184 e. The molecule has 2 aliphatic rings. The van der Waals surface area contributed by atoms with E-state index in [-0.39, 0.29) is 12.1 Å². The zero-order valence-electron chi connectivity index (χ0n) is 11.3. The second-order valence-corrected chi connectivity index (χ2v) is 5.51. The summed E-state index contributed by atoms with van der Waals surface area (Å²) in [4.78, 5) is 4.80. The van der Waals surface area contributed by atoms with Crippen molar-refractivity contribution in [3.8, 4) is 0 Å². The minimum Gasteiger partial charge on any atom is -0.475 e. The molecule has 0 fully saturated rings. The van der Waals surface area contributed by atoms with Gasteiger partial charge in [0.1, 0.15) is 12.1 Å². The predicted octanol–water partition coefficient (Wildman–Crippen LogP) is 3.71. The normalized spacial score (nSPS) is 22.9. The van der Waals surface area contributed by atoms with Crippen molar-refractivity contribution in [2.75, 3.05) is 0 Å². The van der Waals surface area contributed by atoms with Crippen LogP contribution in [0.5, 0.6) is 0 Å².